The molecule has 3 aromatic carbocycles. The summed E-state index contributed by atoms with van der Waals surface area (Å²) in [5, 5.41) is 14.9. The zero-order valence-corrected chi connectivity index (χ0v) is 12.8. The van der Waals surface area contributed by atoms with E-state index in [0.717, 1.165) is 10.8 Å². The number of hydrogen-bond donors (Lipinski definition) is 2. The van der Waals surface area contributed by atoms with Crippen LogP contribution in [0.5, 0.6) is 5.75 Å². The molecule has 0 aliphatic rings. The summed E-state index contributed by atoms with van der Waals surface area (Å²) < 4.78 is 0. The summed E-state index contributed by atoms with van der Waals surface area (Å²) in [5.41, 5.74) is 0.938. The number of phenols is 1. The number of phenolic OH excluding ortho intramolecular Hbond substituents is 1. The number of hydrogen-bond acceptors (Lipinski definition) is 2. The third-order valence-corrected chi connectivity index (χ3v) is 3.84. The van der Waals surface area contributed by atoms with Crippen LogP contribution in [0.2, 0.25) is 10.0 Å². The van der Waals surface area contributed by atoms with Gasteiger partial charge < -0.3 is 10.4 Å². The number of carbonyl (C=O) groups is 1. The maximum atomic E-state index is 12.4. The second kappa shape index (κ2) is 5.87. The Labute approximate surface area is 137 Å². The van der Waals surface area contributed by atoms with Crippen molar-refractivity contribution in [2.24, 2.45) is 0 Å². The van der Waals surface area contributed by atoms with Crippen molar-refractivity contribution in [3.8, 4) is 5.75 Å². The van der Waals surface area contributed by atoms with E-state index >= 15 is 0 Å². The molecule has 0 aliphatic heterocycles. The van der Waals surface area contributed by atoms with Gasteiger partial charge in [-0.1, -0.05) is 41.4 Å². The molecule has 0 bridgehead atoms. The van der Waals surface area contributed by atoms with E-state index in [-0.39, 0.29) is 16.7 Å². The molecule has 3 rings (SSSR count). The fraction of sp³-hybridized carbons (Fsp3) is 0. The van der Waals surface area contributed by atoms with Crippen molar-refractivity contribution in [1.29, 1.82) is 0 Å². The second-order valence-corrected chi connectivity index (χ2v) is 5.63. The summed E-state index contributed by atoms with van der Waals surface area (Å²) in [7, 11) is 0. The first kappa shape index (κ1) is 14.7. The van der Waals surface area contributed by atoms with E-state index in [9.17, 15) is 9.90 Å². The third-order valence-electron chi connectivity index (χ3n) is 3.29. The first-order chi connectivity index (χ1) is 10.5. The number of rotatable bonds is 2. The lowest BCUT2D eigenvalue weighted by molar-refractivity contribution is 0.102. The predicted molar refractivity (Wildman–Crippen MR) is 90.0 cm³/mol. The normalized spacial score (nSPS) is 10.6. The van der Waals surface area contributed by atoms with Gasteiger partial charge in [-0.05, 0) is 41.8 Å². The van der Waals surface area contributed by atoms with E-state index in [2.05, 4.69) is 5.32 Å². The molecule has 0 unspecified atom stereocenters. The van der Waals surface area contributed by atoms with Crippen molar-refractivity contribution in [2.75, 3.05) is 5.32 Å². The van der Waals surface area contributed by atoms with Gasteiger partial charge in [0.25, 0.3) is 5.91 Å². The maximum Gasteiger partial charge on any atom is 0.257 e. The first-order valence-electron chi connectivity index (χ1n) is 6.53. The molecule has 0 aromatic heterocycles. The van der Waals surface area contributed by atoms with Gasteiger partial charge in [0.1, 0.15) is 5.75 Å². The van der Waals surface area contributed by atoms with Crippen LogP contribution in [-0.2, 0) is 0 Å². The van der Waals surface area contributed by atoms with Gasteiger partial charge in [0, 0.05) is 16.1 Å². The number of aromatic hydroxyl groups is 1. The van der Waals surface area contributed by atoms with E-state index < -0.39 is 0 Å². The molecule has 0 spiro atoms. The van der Waals surface area contributed by atoms with Crippen LogP contribution in [0.1, 0.15) is 10.4 Å². The average molecular weight is 332 g/mol. The van der Waals surface area contributed by atoms with Gasteiger partial charge in [-0.3, -0.25) is 4.79 Å². The van der Waals surface area contributed by atoms with Crippen molar-refractivity contribution in [3.63, 3.8) is 0 Å². The van der Waals surface area contributed by atoms with Crippen LogP contribution >= 0.6 is 23.2 Å². The lowest BCUT2D eigenvalue weighted by atomic mass is 10.1. The van der Waals surface area contributed by atoms with Crippen molar-refractivity contribution >= 4 is 45.6 Å². The first-order valence-corrected chi connectivity index (χ1v) is 7.28. The van der Waals surface area contributed by atoms with Crippen LogP contribution in [0.15, 0.2) is 54.6 Å². The monoisotopic (exact) mass is 331 g/mol. The molecule has 2 N–H and O–H groups in total. The summed E-state index contributed by atoms with van der Waals surface area (Å²) >= 11 is 11.9. The Kier molecular flexibility index (Phi) is 3.92. The number of halogens is 2. The zero-order chi connectivity index (χ0) is 15.7. The number of amides is 1. The number of carbonyl (C=O) groups excluding carboxylic acids is 1. The van der Waals surface area contributed by atoms with E-state index in [4.69, 9.17) is 23.2 Å². The van der Waals surface area contributed by atoms with Gasteiger partial charge in [-0.15, -0.1) is 0 Å². The minimum Gasteiger partial charge on any atom is -0.508 e. The van der Waals surface area contributed by atoms with Crippen LogP contribution < -0.4 is 5.32 Å². The SMILES string of the molecule is O=C(Nc1cccc2ccc(O)cc12)c1ccc(Cl)cc1Cl. The van der Waals surface area contributed by atoms with E-state index in [1.807, 2.05) is 12.1 Å². The Hall–Kier alpha value is -2.23. The van der Waals surface area contributed by atoms with Crippen LogP contribution in [0.3, 0.4) is 0 Å². The standard InChI is InChI=1S/C17H11Cl2NO2/c18-11-5-7-13(15(19)8-11)17(22)20-16-3-1-2-10-4-6-12(21)9-14(10)16/h1-9,21H,(H,20,22). The van der Waals surface area contributed by atoms with Crippen LogP contribution in [0.4, 0.5) is 5.69 Å². The summed E-state index contributed by atoms with van der Waals surface area (Å²) in [4.78, 5) is 12.4. The van der Waals surface area contributed by atoms with Crippen molar-refractivity contribution in [3.05, 3.63) is 70.2 Å². The minimum atomic E-state index is -0.336. The van der Waals surface area contributed by atoms with Gasteiger partial charge in [0.2, 0.25) is 0 Å². The van der Waals surface area contributed by atoms with Crippen LogP contribution in [-0.4, -0.2) is 11.0 Å². The number of nitrogens with one attached hydrogen (secondary N) is 1. The molecular weight excluding hydrogens is 321 g/mol. The van der Waals surface area contributed by atoms with Crippen LogP contribution in [0, 0.1) is 0 Å². The number of anilines is 1. The van der Waals surface area contributed by atoms with Crippen molar-refractivity contribution in [2.45, 2.75) is 0 Å². The molecule has 3 nitrogen and oxygen atoms in total. The van der Waals surface area contributed by atoms with E-state index in [1.54, 1.807) is 36.4 Å². The highest BCUT2D eigenvalue weighted by Gasteiger charge is 2.12. The zero-order valence-electron chi connectivity index (χ0n) is 11.3. The molecule has 3 aromatic rings. The number of benzene rings is 3. The Balaban J connectivity index is 1.99. The Morgan fingerprint density at radius 3 is 2.59 bits per heavy atom. The van der Waals surface area contributed by atoms with Gasteiger partial charge in [0.15, 0.2) is 0 Å². The predicted octanol–water partition coefficient (Wildman–Crippen LogP) is 5.10. The molecule has 5 heteroatoms. The van der Waals surface area contributed by atoms with Gasteiger partial charge in [0.05, 0.1) is 10.6 Å². The maximum absolute atomic E-state index is 12.4. The molecule has 0 fully saturated rings. The van der Waals surface area contributed by atoms with E-state index in [0.29, 0.717) is 16.3 Å². The fourth-order valence-corrected chi connectivity index (χ4v) is 2.73. The molecule has 22 heavy (non-hydrogen) atoms. The topological polar surface area (TPSA) is 49.3 Å². The molecule has 0 saturated carbocycles. The van der Waals surface area contributed by atoms with Crippen molar-refractivity contribution < 1.29 is 9.90 Å². The molecule has 0 atom stereocenters. The smallest absolute Gasteiger partial charge is 0.257 e. The second-order valence-electron chi connectivity index (χ2n) is 4.79. The van der Waals surface area contributed by atoms with Gasteiger partial charge >= 0.3 is 0 Å². The third kappa shape index (κ3) is 2.86. The largest absolute Gasteiger partial charge is 0.508 e. The Morgan fingerprint density at radius 1 is 1.00 bits per heavy atom. The van der Waals surface area contributed by atoms with E-state index in [1.165, 1.54) is 6.07 Å². The Bertz CT molecular complexity index is 878. The fourth-order valence-electron chi connectivity index (χ4n) is 2.23. The molecule has 1 amide bonds. The summed E-state index contributed by atoms with van der Waals surface area (Å²) in [6.45, 7) is 0. The molecule has 0 saturated heterocycles. The van der Waals surface area contributed by atoms with Crippen LogP contribution in [0.25, 0.3) is 10.8 Å². The number of fused-ring (bicyclic) bond motifs is 1. The quantitative estimate of drug-likeness (QED) is 0.685. The lowest BCUT2D eigenvalue weighted by Gasteiger charge is -2.10. The summed E-state index contributed by atoms with van der Waals surface area (Å²) in [6.07, 6.45) is 0. The van der Waals surface area contributed by atoms with Gasteiger partial charge in [-0.2, -0.15) is 0 Å². The van der Waals surface area contributed by atoms with Gasteiger partial charge in [-0.25, -0.2) is 0 Å². The molecule has 0 radical (unpaired) electrons. The molecule has 0 heterocycles. The molecule has 110 valence electrons. The average Bonchev–Trinajstić information content (AvgIpc) is 2.47. The minimum absolute atomic E-state index is 0.138. The molecular formula is C17H11Cl2NO2. The Morgan fingerprint density at radius 2 is 1.82 bits per heavy atom. The molecule has 0 aliphatic carbocycles. The highest BCUT2D eigenvalue weighted by atomic mass is 35.5. The summed E-state index contributed by atoms with van der Waals surface area (Å²) in [6, 6.07) is 15.2. The van der Waals surface area contributed by atoms with Crippen molar-refractivity contribution in [1.82, 2.24) is 0 Å². The highest BCUT2D eigenvalue weighted by Crippen LogP contribution is 2.28. The highest BCUT2D eigenvalue weighted by molar-refractivity contribution is 6.37. The summed E-state index contributed by atoms with van der Waals surface area (Å²) in [5.74, 6) is -0.198. The lowest BCUT2D eigenvalue weighted by Crippen LogP contribution is -2.12.